The molecule has 11 heavy (non-hydrogen) atoms. The second-order valence-corrected chi connectivity index (χ2v) is 4.59. The van der Waals surface area contributed by atoms with E-state index in [1.807, 2.05) is 0 Å². The van der Waals surface area contributed by atoms with Gasteiger partial charge in [-0.25, -0.2) is 0 Å². The summed E-state index contributed by atoms with van der Waals surface area (Å²) in [6.07, 6.45) is 5.77. The quantitative estimate of drug-likeness (QED) is 0.562. The zero-order valence-corrected chi connectivity index (χ0v) is 7.64. The molecule has 2 rings (SSSR count). The van der Waals surface area contributed by atoms with Gasteiger partial charge in [0.15, 0.2) is 0 Å². The third-order valence-corrected chi connectivity index (χ3v) is 3.40. The lowest BCUT2D eigenvalue weighted by Gasteiger charge is -2.29. The number of rotatable bonds is 0. The molecule has 1 heterocycles. The van der Waals surface area contributed by atoms with Crippen molar-refractivity contribution in [2.24, 2.45) is 11.8 Å². The normalized spacial score (nSPS) is 50.7. The minimum Gasteiger partial charge on any atom is -0.311 e. The van der Waals surface area contributed by atoms with Crippen LogP contribution in [-0.2, 0) is 0 Å². The highest BCUT2D eigenvalue weighted by atomic mass is 15.0. The Morgan fingerprint density at radius 3 is 2.73 bits per heavy atom. The largest absolute Gasteiger partial charge is 0.311 e. The van der Waals surface area contributed by atoms with Crippen molar-refractivity contribution in [3.63, 3.8) is 0 Å². The van der Waals surface area contributed by atoms with Gasteiger partial charge in [-0.2, -0.15) is 0 Å². The molecule has 1 saturated carbocycles. The van der Waals surface area contributed by atoms with E-state index < -0.39 is 0 Å². The van der Waals surface area contributed by atoms with Crippen molar-refractivity contribution in [3.8, 4) is 0 Å². The van der Waals surface area contributed by atoms with Crippen LogP contribution < -0.4 is 5.32 Å². The van der Waals surface area contributed by atoms with Crippen LogP contribution in [0.1, 0.15) is 39.5 Å². The van der Waals surface area contributed by atoms with Gasteiger partial charge in [-0.05, 0) is 44.4 Å². The topological polar surface area (TPSA) is 12.0 Å². The van der Waals surface area contributed by atoms with E-state index in [-0.39, 0.29) is 0 Å². The van der Waals surface area contributed by atoms with E-state index >= 15 is 0 Å². The van der Waals surface area contributed by atoms with E-state index in [1.165, 1.54) is 25.7 Å². The molecule has 0 aromatic carbocycles. The molecule has 0 bridgehead atoms. The zero-order chi connectivity index (χ0) is 7.84. The summed E-state index contributed by atoms with van der Waals surface area (Å²) in [5.74, 6) is 2.00. The van der Waals surface area contributed by atoms with Gasteiger partial charge in [-0.1, -0.05) is 6.92 Å². The smallest absolute Gasteiger partial charge is 0.00985 e. The van der Waals surface area contributed by atoms with Crippen molar-refractivity contribution in [2.45, 2.75) is 51.6 Å². The lowest BCUT2D eigenvalue weighted by Crippen LogP contribution is -2.33. The fraction of sp³-hybridized carbons (Fsp3) is 1.00. The maximum Gasteiger partial charge on any atom is 0.00985 e. The van der Waals surface area contributed by atoms with Gasteiger partial charge in [-0.3, -0.25) is 0 Å². The molecular formula is C10H19N. The third kappa shape index (κ3) is 1.44. The molecule has 64 valence electrons. The Kier molecular flexibility index (Phi) is 1.92. The van der Waals surface area contributed by atoms with Crippen LogP contribution in [0.3, 0.4) is 0 Å². The number of fused-ring (bicyclic) bond motifs is 1. The first-order chi connectivity index (χ1) is 5.25. The fourth-order valence-corrected chi connectivity index (χ4v) is 2.87. The summed E-state index contributed by atoms with van der Waals surface area (Å²) in [7, 11) is 0. The molecule has 0 aromatic rings. The average Bonchev–Trinajstić information content (AvgIpc) is 2.27. The minimum absolute atomic E-state index is 0.787. The molecule has 1 aliphatic heterocycles. The summed E-state index contributed by atoms with van der Waals surface area (Å²) in [5.41, 5.74) is 0. The Morgan fingerprint density at radius 2 is 1.91 bits per heavy atom. The molecule has 0 spiro atoms. The van der Waals surface area contributed by atoms with Crippen LogP contribution in [0.4, 0.5) is 0 Å². The van der Waals surface area contributed by atoms with Gasteiger partial charge in [0.05, 0.1) is 0 Å². The van der Waals surface area contributed by atoms with Gasteiger partial charge in [-0.15, -0.1) is 0 Å². The second kappa shape index (κ2) is 2.78. The molecule has 0 radical (unpaired) electrons. The number of nitrogens with one attached hydrogen (secondary N) is 1. The molecule has 1 aliphatic carbocycles. The van der Waals surface area contributed by atoms with Gasteiger partial charge in [0.25, 0.3) is 0 Å². The molecule has 4 atom stereocenters. The lowest BCUT2D eigenvalue weighted by atomic mass is 9.79. The van der Waals surface area contributed by atoms with Crippen molar-refractivity contribution in [2.75, 3.05) is 0 Å². The van der Waals surface area contributed by atoms with Crippen molar-refractivity contribution < 1.29 is 0 Å². The van der Waals surface area contributed by atoms with E-state index in [9.17, 15) is 0 Å². The van der Waals surface area contributed by atoms with Gasteiger partial charge in [0, 0.05) is 12.1 Å². The molecule has 1 saturated heterocycles. The third-order valence-electron chi connectivity index (χ3n) is 3.40. The SMILES string of the molecule is CC1CCC2NC(C)CC2C1. The van der Waals surface area contributed by atoms with E-state index in [0.717, 1.165) is 23.9 Å². The van der Waals surface area contributed by atoms with Gasteiger partial charge < -0.3 is 5.32 Å². The van der Waals surface area contributed by atoms with Crippen molar-refractivity contribution in [1.82, 2.24) is 5.32 Å². The molecule has 1 N–H and O–H groups in total. The van der Waals surface area contributed by atoms with Crippen molar-refractivity contribution >= 4 is 0 Å². The van der Waals surface area contributed by atoms with Crippen LogP contribution >= 0.6 is 0 Å². The van der Waals surface area contributed by atoms with Crippen LogP contribution in [0.2, 0.25) is 0 Å². The molecule has 2 fully saturated rings. The first-order valence-electron chi connectivity index (χ1n) is 5.01. The summed E-state index contributed by atoms with van der Waals surface area (Å²) in [6.45, 7) is 4.72. The fourth-order valence-electron chi connectivity index (χ4n) is 2.87. The molecular weight excluding hydrogens is 134 g/mol. The first kappa shape index (κ1) is 7.60. The van der Waals surface area contributed by atoms with Crippen LogP contribution in [0.15, 0.2) is 0 Å². The molecule has 1 nitrogen and oxygen atoms in total. The summed E-state index contributed by atoms with van der Waals surface area (Å²) in [4.78, 5) is 0. The first-order valence-corrected chi connectivity index (χ1v) is 5.01. The van der Waals surface area contributed by atoms with Crippen LogP contribution in [0.25, 0.3) is 0 Å². The molecule has 1 heteroatoms. The molecule has 0 aromatic heterocycles. The van der Waals surface area contributed by atoms with Crippen molar-refractivity contribution in [1.29, 1.82) is 0 Å². The Bertz CT molecular complexity index is 144. The molecule has 2 aliphatic rings. The van der Waals surface area contributed by atoms with Crippen LogP contribution in [-0.4, -0.2) is 12.1 Å². The Morgan fingerprint density at radius 1 is 1.09 bits per heavy atom. The summed E-state index contributed by atoms with van der Waals surface area (Å²) in [5, 5.41) is 3.68. The highest BCUT2D eigenvalue weighted by Gasteiger charge is 2.34. The summed E-state index contributed by atoms with van der Waals surface area (Å²) < 4.78 is 0. The highest BCUT2D eigenvalue weighted by Crippen LogP contribution is 2.35. The van der Waals surface area contributed by atoms with E-state index in [2.05, 4.69) is 19.2 Å². The monoisotopic (exact) mass is 153 g/mol. The number of hydrogen-bond donors (Lipinski definition) is 1. The van der Waals surface area contributed by atoms with E-state index in [0.29, 0.717) is 0 Å². The number of hydrogen-bond acceptors (Lipinski definition) is 1. The van der Waals surface area contributed by atoms with Gasteiger partial charge in [0.1, 0.15) is 0 Å². The predicted octanol–water partition coefficient (Wildman–Crippen LogP) is 2.17. The Labute approximate surface area is 69.6 Å². The Balaban J connectivity index is 1.97. The van der Waals surface area contributed by atoms with E-state index in [4.69, 9.17) is 0 Å². The van der Waals surface area contributed by atoms with Gasteiger partial charge in [0.2, 0.25) is 0 Å². The highest BCUT2D eigenvalue weighted by molar-refractivity contribution is 4.92. The molecule has 4 unspecified atom stereocenters. The van der Waals surface area contributed by atoms with Crippen LogP contribution in [0, 0.1) is 11.8 Å². The zero-order valence-electron chi connectivity index (χ0n) is 7.64. The maximum atomic E-state index is 3.68. The lowest BCUT2D eigenvalue weighted by molar-refractivity contribution is 0.259. The minimum atomic E-state index is 0.787. The predicted molar refractivity (Wildman–Crippen MR) is 47.5 cm³/mol. The second-order valence-electron chi connectivity index (χ2n) is 4.59. The standard InChI is InChI=1S/C10H19N/c1-7-3-4-10-9(5-7)6-8(2)11-10/h7-11H,3-6H2,1-2H3. The Hall–Kier alpha value is -0.0400. The summed E-state index contributed by atoms with van der Waals surface area (Å²) >= 11 is 0. The van der Waals surface area contributed by atoms with Gasteiger partial charge >= 0.3 is 0 Å². The maximum absolute atomic E-state index is 3.68. The van der Waals surface area contributed by atoms with Crippen LogP contribution in [0.5, 0.6) is 0 Å². The molecule has 0 amide bonds. The summed E-state index contributed by atoms with van der Waals surface area (Å²) in [6, 6.07) is 1.66. The average molecular weight is 153 g/mol. The van der Waals surface area contributed by atoms with E-state index in [1.54, 1.807) is 0 Å². The van der Waals surface area contributed by atoms with Crippen molar-refractivity contribution in [3.05, 3.63) is 0 Å².